The maximum atomic E-state index is 11.8. The van der Waals surface area contributed by atoms with Gasteiger partial charge in [0.25, 0.3) is 0 Å². The standard InChI is InChI=1S/C14H13N3O2S/c1-3-19-14(18)10-8-12-15-6-4-11(17(12)16-10)13-9(2)5-7-20-13/h4-8H,3H2,1-2H3. The summed E-state index contributed by atoms with van der Waals surface area (Å²) in [7, 11) is 0. The van der Waals surface area contributed by atoms with E-state index in [9.17, 15) is 4.79 Å². The van der Waals surface area contributed by atoms with E-state index in [-0.39, 0.29) is 5.69 Å². The molecule has 0 atom stereocenters. The molecule has 3 heterocycles. The predicted molar refractivity (Wildman–Crippen MR) is 77.0 cm³/mol. The Morgan fingerprint density at radius 2 is 2.30 bits per heavy atom. The van der Waals surface area contributed by atoms with E-state index in [0.29, 0.717) is 12.3 Å². The maximum Gasteiger partial charge on any atom is 0.358 e. The first-order valence-corrected chi connectivity index (χ1v) is 7.15. The van der Waals surface area contributed by atoms with Gasteiger partial charge in [-0.3, -0.25) is 0 Å². The molecule has 0 unspecified atom stereocenters. The number of nitrogens with zero attached hydrogens (tertiary/aromatic N) is 3. The van der Waals surface area contributed by atoms with E-state index in [1.807, 2.05) is 18.4 Å². The highest BCUT2D eigenvalue weighted by Gasteiger charge is 2.15. The van der Waals surface area contributed by atoms with Crippen LogP contribution < -0.4 is 0 Å². The largest absolute Gasteiger partial charge is 0.461 e. The molecule has 0 spiro atoms. The zero-order chi connectivity index (χ0) is 14.1. The van der Waals surface area contributed by atoms with Crippen molar-refractivity contribution in [3.63, 3.8) is 0 Å². The first-order valence-electron chi connectivity index (χ1n) is 6.27. The quantitative estimate of drug-likeness (QED) is 0.695. The fourth-order valence-corrected chi connectivity index (χ4v) is 2.94. The van der Waals surface area contributed by atoms with Gasteiger partial charge in [-0.2, -0.15) is 5.10 Å². The van der Waals surface area contributed by atoms with Crippen molar-refractivity contribution in [2.24, 2.45) is 0 Å². The van der Waals surface area contributed by atoms with Crippen LogP contribution in [-0.4, -0.2) is 27.2 Å². The molecule has 0 aliphatic carbocycles. The number of aromatic nitrogens is 3. The predicted octanol–water partition coefficient (Wildman–Crippen LogP) is 2.94. The van der Waals surface area contributed by atoms with E-state index in [2.05, 4.69) is 16.1 Å². The van der Waals surface area contributed by atoms with Gasteiger partial charge in [-0.15, -0.1) is 11.3 Å². The molecule has 0 amide bonds. The van der Waals surface area contributed by atoms with Crippen LogP contribution in [0.1, 0.15) is 23.0 Å². The third-order valence-corrected chi connectivity index (χ3v) is 3.98. The number of ether oxygens (including phenoxy) is 1. The molecule has 0 radical (unpaired) electrons. The van der Waals surface area contributed by atoms with Crippen molar-refractivity contribution in [2.75, 3.05) is 6.61 Å². The number of aryl methyl sites for hydroxylation is 1. The van der Waals surface area contributed by atoms with Gasteiger partial charge in [0.2, 0.25) is 0 Å². The number of rotatable bonds is 3. The van der Waals surface area contributed by atoms with Gasteiger partial charge < -0.3 is 4.74 Å². The highest BCUT2D eigenvalue weighted by atomic mass is 32.1. The highest BCUT2D eigenvalue weighted by Crippen LogP contribution is 2.28. The van der Waals surface area contributed by atoms with E-state index >= 15 is 0 Å². The lowest BCUT2D eigenvalue weighted by Crippen LogP contribution is -2.05. The Morgan fingerprint density at radius 3 is 3.00 bits per heavy atom. The molecule has 0 aliphatic heterocycles. The van der Waals surface area contributed by atoms with Gasteiger partial charge in [-0.05, 0) is 36.9 Å². The lowest BCUT2D eigenvalue weighted by Gasteiger charge is -2.02. The van der Waals surface area contributed by atoms with Gasteiger partial charge in [-0.1, -0.05) is 0 Å². The van der Waals surface area contributed by atoms with Gasteiger partial charge in [-0.25, -0.2) is 14.3 Å². The minimum Gasteiger partial charge on any atom is -0.461 e. The van der Waals surface area contributed by atoms with Crippen molar-refractivity contribution >= 4 is 23.0 Å². The highest BCUT2D eigenvalue weighted by molar-refractivity contribution is 7.13. The summed E-state index contributed by atoms with van der Waals surface area (Å²) < 4.78 is 6.66. The van der Waals surface area contributed by atoms with Crippen LogP contribution in [0.4, 0.5) is 0 Å². The summed E-state index contributed by atoms with van der Waals surface area (Å²) in [5.74, 6) is -0.424. The third-order valence-electron chi connectivity index (χ3n) is 2.94. The van der Waals surface area contributed by atoms with Crippen LogP contribution in [-0.2, 0) is 4.74 Å². The first kappa shape index (κ1) is 12.8. The molecule has 3 rings (SSSR count). The zero-order valence-corrected chi connectivity index (χ0v) is 12.0. The lowest BCUT2D eigenvalue weighted by atomic mass is 10.2. The van der Waals surface area contributed by atoms with E-state index in [1.165, 1.54) is 5.56 Å². The van der Waals surface area contributed by atoms with Crippen LogP contribution in [0.25, 0.3) is 16.2 Å². The number of thiophene rings is 1. The molecule has 0 fully saturated rings. The molecular weight excluding hydrogens is 274 g/mol. The van der Waals surface area contributed by atoms with Crippen molar-refractivity contribution in [2.45, 2.75) is 13.8 Å². The normalized spacial score (nSPS) is 10.9. The number of hydrogen-bond donors (Lipinski definition) is 0. The monoisotopic (exact) mass is 287 g/mol. The Balaban J connectivity index is 2.15. The lowest BCUT2D eigenvalue weighted by molar-refractivity contribution is 0.0519. The summed E-state index contributed by atoms with van der Waals surface area (Å²) in [5, 5.41) is 6.35. The summed E-state index contributed by atoms with van der Waals surface area (Å²) in [5.41, 5.74) is 3.02. The first-order chi connectivity index (χ1) is 9.70. The van der Waals surface area contributed by atoms with Crippen molar-refractivity contribution in [3.05, 3.63) is 41.0 Å². The van der Waals surface area contributed by atoms with Gasteiger partial charge in [0.15, 0.2) is 11.3 Å². The molecule has 20 heavy (non-hydrogen) atoms. The van der Waals surface area contributed by atoms with E-state index < -0.39 is 5.97 Å². The molecule has 0 bridgehead atoms. The molecule has 3 aromatic rings. The Morgan fingerprint density at radius 1 is 1.45 bits per heavy atom. The summed E-state index contributed by atoms with van der Waals surface area (Å²) >= 11 is 1.64. The Kier molecular flexibility index (Phi) is 3.23. The fourth-order valence-electron chi connectivity index (χ4n) is 2.01. The molecule has 0 aliphatic rings. The van der Waals surface area contributed by atoms with E-state index in [1.54, 1.807) is 35.0 Å². The summed E-state index contributed by atoms with van der Waals surface area (Å²) in [6.07, 6.45) is 1.72. The molecule has 6 heteroatoms. The van der Waals surface area contributed by atoms with Gasteiger partial charge >= 0.3 is 5.97 Å². The molecule has 0 saturated carbocycles. The molecule has 0 aromatic carbocycles. The van der Waals surface area contributed by atoms with Gasteiger partial charge in [0.1, 0.15) is 0 Å². The number of fused-ring (bicyclic) bond motifs is 1. The molecule has 5 nitrogen and oxygen atoms in total. The van der Waals surface area contributed by atoms with Gasteiger partial charge in [0.05, 0.1) is 17.2 Å². The average molecular weight is 287 g/mol. The number of carbonyl (C=O) groups is 1. The zero-order valence-electron chi connectivity index (χ0n) is 11.2. The number of esters is 1. The number of carbonyl (C=O) groups excluding carboxylic acids is 1. The minimum atomic E-state index is -0.424. The fraction of sp³-hybridized carbons (Fsp3) is 0.214. The molecule has 3 aromatic heterocycles. The van der Waals surface area contributed by atoms with Crippen molar-refractivity contribution in [1.29, 1.82) is 0 Å². The Hall–Kier alpha value is -2.21. The molecular formula is C14H13N3O2S. The van der Waals surface area contributed by atoms with Crippen LogP contribution in [0, 0.1) is 6.92 Å². The second kappa shape index (κ2) is 5.05. The van der Waals surface area contributed by atoms with E-state index in [0.717, 1.165) is 10.6 Å². The Bertz CT molecular complexity index is 776. The van der Waals surface area contributed by atoms with Crippen LogP contribution in [0.2, 0.25) is 0 Å². The van der Waals surface area contributed by atoms with E-state index in [4.69, 9.17) is 4.74 Å². The second-order valence-electron chi connectivity index (χ2n) is 4.28. The smallest absolute Gasteiger partial charge is 0.358 e. The Labute approximate surface area is 119 Å². The van der Waals surface area contributed by atoms with Crippen molar-refractivity contribution in [1.82, 2.24) is 14.6 Å². The van der Waals surface area contributed by atoms with Crippen molar-refractivity contribution < 1.29 is 9.53 Å². The SMILES string of the molecule is CCOC(=O)c1cc2nccc(-c3sccc3C)n2n1. The van der Waals surface area contributed by atoms with Crippen LogP contribution in [0.15, 0.2) is 29.8 Å². The minimum absolute atomic E-state index is 0.279. The van der Waals surface area contributed by atoms with Crippen LogP contribution in [0.5, 0.6) is 0 Å². The summed E-state index contributed by atoms with van der Waals surface area (Å²) in [6, 6.07) is 5.60. The molecule has 102 valence electrons. The topological polar surface area (TPSA) is 56.5 Å². The van der Waals surface area contributed by atoms with Crippen LogP contribution in [0.3, 0.4) is 0 Å². The average Bonchev–Trinajstić information content (AvgIpc) is 3.04. The molecule has 0 saturated heterocycles. The maximum absolute atomic E-state index is 11.8. The summed E-state index contributed by atoms with van der Waals surface area (Å²) in [6.45, 7) is 4.15. The molecule has 0 N–H and O–H groups in total. The second-order valence-corrected chi connectivity index (χ2v) is 5.20. The van der Waals surface area contributed by atoms with Crippen LogP contribution >= 0.6 is 11.3 Å². The summed E-state index contributed by atoms with van der Waals surface area (Å²) in [4.78, 5) is 17.1. The van der Waals surface area contributed by atoms with Gasteiger partial charge in [0, 0.05) is 12.3 Å². The van der Waals surface area contributed by atoms with Crippen molar-refractivity contribution in [3.8, 4) is 10.6 Å². The number of hydrogen-bond acceptors (Lipinski definition) is 5. The third kappa shape index (κ3) is 2.08.